The first-order chi connectivity index (χ1) is 16.5. The highest BCUT2D eigenvalue weighted by Crippen LogP contribution is 2.32. The fourth-order valence-electron chi connectivity index (χ4n) is 4.33. The minimum Gasteiger partial charge on any atom is -0.502 e. The Hall–Kier alpha value is -4.39. The number of carbonyl (C=O) groups is 1. The molecule has 0 saturated carbocycles. The Morgan fingerprint density at radius 2 is 1.41 bits per heavy atom. The maximum Gasteiger partial charge on any atom is 0.278 e. The predicted octanol–water partition coefficient (Wildman–Crippen LogP) is 4.03. The first-order valence-electron chi connectivity index (χ1n) is 10.9. The molecule has 1 aliphatic heterocycles. The molecule has 6 nitrogen and oxygen atoms in total. The van der Waals surface area contributed by atoms with E-state index in [1.165, 1.54) is 24.4 Å². The van der Waals surface area contributed by atoms with E-state index in [1.807, 2.05) is 65.7 Å². The number of rotatable bonds is 5. The van der Waals surface area contributed by atoms with Crippen LogP contribution in [0.25, 0.3) is 0 Å². The minimum absolute atomic E-state index is 0.0993. The number of carbonyl (C=O) groups excluding carboxylic acids is 1. The zero-order valence-corrected chi connectivity index (χ0v) is 18.2. The average molecular weight is 455 g/mol. The largest absolute Gasteiger partial charge is 0.502 e. The summed E-state index contributed by atoms with van der Waals surface area (Å²) in [6.07, 6.45) is 1.52. The normalized spacial score (nSPS) is 13.3. The summed E-state index contributed by atoms with van der Waals surface area (Å²) in [5, 5.41) is 12.6. The quantitative estimate of drug-likeness (QED) is 0.494. The zero-order valence-electron chi connectivity index (χ0n) is 18.2. The van der Waals surface area contributed by atoms with E-state index in [2.05, 4.69) is 0 Å². The van der Waals surface area contributed by atoms with E-state index in [0.29, 0.717) is 0 Å². The molecule has 0 unspecified atom stereocenters. The molecule has 1 amide bonds. The Kier molecular flexibility index (Phi) is 5.59. The molecule has 7 heteroatoms. The van der Waals surface area contributed by atoms with Crippen LogP contribution in [0.3, 0.4) is 0 Å². The van der Waals surface area contributed by atoms with Crippen LogP contribution in [0.5, 0.6) is 5.75 Å². The number of aromatic hydroxyl groups is 1. The minimum atomic E-state index is -0.626. The smallest absolute Gasteiger partial charge is 0.278 e. The molecule has 0 spiro atoms. The van der Waals surface area contributed by atoms with Gasteiger partial charge in [-0.2, -0.15) is 0 Å². The number of hydrogen-bond acceptors (Lipinski definition) is 4. The van der Waals surface area contributed by atoms with Crippen LogP contribution in [0.2, 0.25) is 0 Å². The lowest BCUT2D eigenvalue weighted by atomic mass is 9.98. The van der Waals surface area contributed by atoms with E-state index >= 15 is 0 Å². The van der Waals surface area contributed by atoms with Crippen molar-refractivity contribution in [1.29, 1.82) is 0 Å². The lowest BCUT2D eigenvalue weighted by Gasteiger charge is -2.44. The highest BCUT2D eigenvalue weighted by atomic mass is 19.1. The summed E-state index contributed by atoms with van der Waals surface area (Å²) in [5.41, 5.74) is 1.97. The molecule has 0 fully saturated rings. The predicted molar refractivity (Wildman–Crippen MR) is 126 cm³/mol. The SMILES string of the molecule is O=C1c2c(O)c(=O)ccn2N(C(c2ccccc2)c2ccccc2)CN1Cc1ccc(F)cc1. The van der Waals surface area contributed by atoms with Crippen LogP contribution in [0.1, 0.15) is 33.2 Å². The van der Waals surface area contributed by atoms with Gasteiger partial charge in [-0.05, 0) is 28.8 Å². The second-order valence-electron chi connectivity index (χ2n) is 8.16. The number of amides is 1. The standard InChI is InChI=1S/C27H22FN3O3/c28-22-13-11-19(12-14-22)17-29-18-31(30-16-15-23(32)26(33)25(30)27(29)34)24(20-7-3-1-4-8-20)21-9-5-2-6-10-21/h1-16,24,33H,17-18H2. The lowest BCUT2D eigenvalue weighted by molar-refractivity contribution is 0.0665. The molecule has 0 aliphatic carbocycles. The molecule has 34 heavy (non-hydrogen) atoms. The summed E-state index contributed by atoms with van der Waals surface area (Å²) >= 11 is 0. The van der Waals surface area contributed by atoms with Crippen molar-refractivity contribution in [2.24, 2.45) is 0 Å². The van der Waals surface area contributed by atoms with Gasteiger partial charge in [-0.15, -0.1) is 0 Å². The van der Waals surface area contributed by atoms with E-state index in [-0.39, 0.29) is 30.8 Å². The summed E-state index contributed by atoms with van der Waals surface area (Å²) in [4.78, 5) is 27.2. The number of halogens is 1. The average Bonchev–Trinajstić information content (AvgIpc) is 2.86. The van der Waals surface area contributed by atoms with E-state index in [1.54, 1.807) is 21.7 Å². The summed E-state index contributed by atoms with van der Waals surface area (Å²) < 4.78 is 15.0. The fourth-order valence-corrected chi connectivity index (χ4v) is 4.33. The molecule has 0 radical (unpaired) electrons. The Morgan fingerprint density at radius 3 is 2.00 bits per heavy atom. The highest BCUT2D eigenvalue weighted by molar-refractivity contribution is 5.96. The number of benzene rings is 3. The zero-order chi connectivity index (χ0) is 23.7. The van der Waals surface area contributed by atoms with Gasteiger partial charge in [0, 0.05) is 18.8 Å². The molecule has 0 atom stereocenters. The van der Waals surface area contributed by atoms with E-state index in [4.69, 9.17) is 0 Å². The van der Waals surface area contributed by atoms with Gasteiger partial charge in [-0.3, -0.25) is 19.3 Å². The molecular weight excluding hydrogens is 433 g/mol. The summed E-state index contributed by atoms with van der Waals surface area (Å²) in [5.74, 6) is -1.44. The number of pyridine rings is 1. The number of fused-ring (bicyclic) bond motifs is 1. The fraction of sp³-hybridized carbons (Fsp3) is 0.111. The van der Waals surface area contributed by atoms with Gasteiger partial charge in [0.15, 0.2) is 11.4 Å². The van der Waals surface area contributed by atoms with E-state index in [0.717, 1.165) is 16.7 Å². The van der Waals surface area contributed by atoms with Gasteiger partial charge in [0.1, 0.15) is 12.5 Å². The van der Waals surface area contributed by atoms with Crippen molar-refractivity contribution in [2.75, 3.05) is 11.7 Å². The third-order valence-electron chi connectivity index (χ3n) is 5.95. The Morgan fingerprint density at radius 1 is 0.824 bits per heavy atom. The second kappa shape index (κ2) is 8.86. The molecular formula is C27H22FN3O3. The van der Waals surface area contributed by atoms with Gasteiger partial charge in [-0.25, -0.2) is 4.39 Å². The molecule has 1 aromatic heterocycles. The summed E-state index contributed by atoms with van der Waals surface area (Å²) in [6, 6.07) is 26.5. The van der Waals surface area contributed by atoms with Gasteiger partial charge in [0.05, 0.1) is 6.04 Å². The molecule has 2 heterocycles. The third kappa shape index (κ3) is 3.92. The Labute approximate surface area is 195 Å². The number of hydrogen-bond donors (Lipinski definition) is 1. The van der Waals surface area contributed by atoms with Crippen LogP contribution >= 0.6 is 0 Å². The van der Waals surface area contributed by atoms with E-state index in [9.17, 15) is 19.1 Å². The highest BCUT2D eigenvalue weighted by Gasteiger charge is 2.36. The van der Waals surface area contributed by atoms with Crippen LogP contribution in [0, 0.1) is 5.82 Å². The van der Waals surface area contributed by atoms with Crippen LogP contribution in [-0.4, -0.2) is 27.3 Å². The van der Waals surface area contributed by atoms with Gasteiger partial charge in [-0.1, -0.05) is 72.8 Å². The van der Waals surface area contributed by atoms with Crippen molar-refractivity contribution in [3.63, 3.8) is 0 Å². The number of aromatic nitrogens is 1. The van der Waals surface area contributed by atoms with Crippen molar-refractivity contribution in [3.05, 3.63) is 136 Å². The van der Waals surface area contributed by atoms with Crippen molar-refractivity contribution < 1.29 is 14.3 Å². The van der Waals surface area contributed by atoms with Crippen molar-refractivity contribution in [2.45, 2.75) is 12.6 Å². The van der Waals surface area contributed by atoms with Crippen LogP contribution in [0.15, 0.2) is 102 Å². The lowest BCUT2D eigenvalue weighted by Crippen LogP contribution is -2.55. The molecule has 4 aromatic rings. The first-order valence-corrected chi connectivity index (χ1v) is 10.9. The second-order valence-corrected chi connectivity index (χ2v) is 8.16. The third-order valence-corrected chi connectivity index (χ3v) is 5.95. The van der Waals surface area contributed by atoms with Crippen molar-refractivity contribution in [1.82, 2.24) is 9.58 Å². The van der Waals surface area contributed by atoms with Crippen LogP contribution in [-0.2, 0) is 6.54 Å². The number of nitrogens with zero attached hydrogens (tertiary/aromatic N) is 3. The molecule has 3 aromatic carbocycles. The van der Waals surface area contributed by atoms with Gasteiger partial charge in [0.25, 0.3) is 5.91 Å². The molecule has 0 bridgehead atoms. The molecule has 1 N–H and O–H groups in total. The first kappa shape index (κ1) is 21.5. The van der Waals surface area contributed by atoms with Crippen molar-refractivity contribution in [3.8, 4) is 5.75 Å². The summed E-state index contributed by atoms with van der Waals surface area (Å²) in [7, 11) is 0. The van der Waals surface area contributed by atoms with Gasteiger partial charge >= 0.3 is 0 Å². The van der Waals surface area contributed by atoms with Crippen molar-refractivity contribution >= 4 is 5.91 Å². The summed E-state index contributed by atoms with van der Waals surface area (Å²) in [6.45, 7) is 0.369. The van der Waals surface area contributed by atoms with Gasteiger partial charge in [0.2, 0.25) is 5.43 Å². The topological polar surface area (TPSA) is 65.8 Å². The molecule has 170 valence electrons. The Bertz CT molecular complexity index is 1330. The van der Waals surface area contributed by atoms with Gasteiger partial charge < -0.3 is 10.0 Å². The molecule has 5 rings (SSSR count). The van der Waals surface area contributed by atoms with Crippen LogP contribution in [0.4, 0.5) is 4.39 Å². The van der Waals surface area contributed by atoms with Crippen LogP contribution < -0.4 is 10.4 Å². The molecule has 1 aliphatic rings. The maximum atomic E-state index is 13.4. The Balaban J connectivity index is 1.66. The maximum absolute atomic E-state index is 13.4. The monoisotopic (exact) mass is 455 g/mol. The van der Waals surface area contributed by atoms with E-state index < -0.39 is 17.1 Å². The molecule has 0 saturated heterocycles.